The molecule has 10 heteroatoms. The molecular weight excluding hydrogens is 634 g/mol. The SMILES string of the molecule is CC(C)C1=C2C3CCC4[C@@](C)(CCC5C(C)(C)[C@@H](OC(=O)CC(C)(C)C(=O)O)CC[C@@]54C)C3CC[C@@]2(NC(=O)c2nnc(C(C)C)o2)CC1=O. The Hall–Kier alpha value is -3.04. The summed E-state index contributed by atoms with van der Waals surface area (Å²) < 4.78 is 11.9. The van der Waals surface area contributed by atoms with Gasteiger partial charge in [-0.05, 0) is 117 Å². The van der Waals surface area contributed by atoms with Crippen LogP contribution in [0.5, 0.6) is 0 Å². The van der Waals surface area contributed by atoms with E-state index in [1.165, 1.54) is 0 Å². The number of esters is 1. The summed E-state index contributed by atoms with van der Waals surface area (Å²) in [6, 6.07) is 0. The van der Waals surface area contributed by atoms with Crippen LogP contribution in [0.15, 0.2) is 15.6 Å². The molecule has 0 aromatic carbocycles. The van der Waals surface area contributed by atoms with Crippen molar-refractivity contribution in [3.8, 4) is 0 Å². The van der Waals surface area contributed by atoms with Crippen molar-refractivity contribution >= 4 is 23.6 Å². The zero-order valence-electron chi connectivity index (χ0n) is 31.9. The van der Waals surface area contributed by atoms with Gasteiger partial charge in [-0.25, -0.2) is 0 Å². The first-order valence-electron chi connectivity index (χ1n) is 19.0. The maximum Gasteiger partial charge on any atom is 0.309 e. The summed E-state index contributed by atoms with van der Waals surface area (Å²) in [5.41, 5.74) is 0.0349. The Bertz CT molecular complexity index is 1600. The number of hydrogen-bond acceptors (Lipinski definition) is 8. The molecule has 5 aliphatic rings. The smallest absolute Gasteiger partial charge is 0.309 e. The molecule has 8 atom stereocenters. The molecule has 1 amide bonds. The molecule has 0 aliphatic heterocycles. The lowest BCUT2D eigenvalue weighted by molar-refractivity contribution is -0.213. The predicted octanol–water partition coefficient (Wildman–Crippen LogP) is 7.68. The lowest BCUT2D eigenvalue weighted by atomic mass is 9.37. The summed E-state index contributed by atoms with van der Waals surface area (Å²) in [5, 5.41) is 21.0. The molecule has 4 fully saturated rings. The lowest BCUT2D eigenvalue weighted by Gasteiger charge is -2.68. The fraction of sp³-hybridized carbons (Fsp3) is 0.800. The topological polar surface area (TPSA) is 149 Å². The van der Waals surface area contributed by atoms with E-state index in [0.29, 0.717) is 30.1 Å². The Morgan fingerprint density at radius 2 is 1.60 bits per heavy atom. The van der Waals surface area contributed by atoms with Crippen LogP contribution in [0.4, 0.5) is 0 Å². The van der Waals surface area contributed by atoms with E-state index in [4.69, 9.17) is 9.15 Å². The van der Waals surface area contributed by atoms with Crippen LogP contribution in [0.1, 0.15) is 156 Å². The summed E-state index contributed by atoms with van der Waals surface area (Å²) in [6.07, 6.45) is 7.37. The zero-order valence-corrected chi connectivity index (χ0v) is 31.9. The number of amides is 1. The minimum atomic E-state index is -1.17. The molecular formula is C40H59N3O7. The largest absolute Gasteiger partial charge is 0.481 e. The average molecular weight is 694 g/mol. The summed E-state index contributed by atoms with van der Waals surface area (Å²) in [5.74, 6) is 0.192. The van der Waals surface area contributed by atoms with Crippen LogP contribution in [0.2, 0.25) is 0 Å². The summed E-state index contributed by atoms with van der Waals surface area (Å²) >= 11 is 0. The molecule has 0 radical (unpaired) electrons. The first-order valence-corrected chi connectivity index (χ1v) is 19.0. The van der Waals surface area contributed by atoms with Crippen LogP contribution < -0.4 is 5.32 Å². The van der Waals surface area contributed by atoms with Gasteiger partial charge in [0.05, 0.1) is 17.4 Å². The van der Waals surface area contributed by atoms with Crippen molar-refractivity contribution < 1.29 is 33.4 Å². The van der Waals surface area contributed by atoms with Gasteiger partial charge in [0.15, 0.2) is 5.78 Å². The third-order valence-electron chi connectivity index (χ3n) is 14.5. The second-order valence-electron chi connectivity index (χ2n) is 18.9. The number of carboxylic acid groups (broad SMARTS) is 1. The van der Waals surface area contributed by atoms with E-state index in [1.807, 2.05) is 13.8 Å². The zero-order chi connectivity index (χ0) is 36.8. The first kappa shape index (κ1) is 36.7. The van der Waals surface area contributed by atoms with Crippen LogP contribution in [-0.2, 0) is 19.1 Å². The number of carbonyl (C=O) groups excluding carboxylic acids is 3. The Morgan fingerprint density at radius 1 is 0.920 bits per heavy atom. The van der Waals surface area contributed by atoms with Gasteiger partial charge in [0.25, 0.3) is 0 Å². The van der Waals surface area contributed by atoms with Gasteiger partial charge >= 0.3 is 23.7 Å². The summed E-state index contributed by atoms with van der Waals surface area (Å²) in [7, 11) is 0. The van der Waals surface area contributed by atoms with Crippen molar-refractivity contribution in [2.75, 3.05) is 0 Å². The van der Waals surface area contributed by atoms with E-state index < -0.39 is 28.8 Å². The minimum Gasteiger partial charge on any atom is -0.481 e. The van der Waals surface area contributed by atoms with Gasteiger partial charge in [-0.2, -0.15) is 0 Å². The van der Waals surface area contributed by atoms with E-state index in [0.717, 1.165) is 56.1 Å². The molecule has 1 heterocycles. The van der Waals surface area contributed by atoms with E-state index in [2.05, 4.69) is 57.1 Å². The molecule has 1 aromatic heterocycles. The minimum absolute atomic E-state index is 0.00783. The molecule has 0 saturated heterocycles. The molecule has 4 unspecified atom stereocenters. The quantitative estimate of drug-likeness (QED) is 0.262. The van der Waals surface area contributed by atoms with Crippen molar-refractivity contribution in [2.45, 2.75) is 151 Å². The van der Waals surface area contributed by atoms with Gasteiger partial charge in [0, 0.05) is 17.8 Å². The fourth-order valence-corrected chi connectivity index (χ4v) is 12.1. The highest BCUT2D eigenvalue weighted by Crippen LogP contribution is 2.72. The fourth-order valence-electron chi connectivity index (χ4n) is 12.1. The summed E-state index contributed by atoms with van der Waals surface area (Å²) in [4.78, 5) is 52.2. The Balaban J connectivity index is 1.26. The predicted molar refractivity (Wildman–Crippen MR) is 187 cm³/mol. The van der Waals surface area contributed by atoms with Gasteiger partial charge < -0.3 is 19.6 Å². The van der Waals surface area contributed by atoms with E-state index in [9.17, 15) is 24.3 Å². The number of aromatic nitrogens is 2. The summed E-state index contributed by atoms with van der Waals surface area (Å²) in [6.45, 7) is 20.7. The second-order valence-corrected chi connectivity index (χ2v) is 18.9. The highest BCUT2D eigenvalue weighted by molar-refractivity contribution is 6.03. The number of allylic oxidation sites excluding steroid dienone is 1. The van der Waals surface area contributed by atoms with Crippen LogP contribution >= 0.6 is 0 Å². The number of Topliss-reactive ketones (excluding diaryl/α,β-unsaturated/α-hetero) is 1. The maximum absolute atomic E-state index is 13.8. The van der Waals surface area contributed by atoms with Crippen molar-refractivity contribution in [3.05, 3.63) is 22.9 Å². The Morgan fingerprint density at radius 3 is 2.22 bits per heavy atom. The van der Waals surface area contributed by atoms with E-state index >= 15 is 0 Å². The molecule has 10 nitrogen and oxygen atoms in total. The number of nitrogens with one attached hydrogen (secondary N) is 1. The van der Waals surface area contributed by atoms with Crippen molar-refractivity contribution in [1.82, 2.24) is 15.5 Å². The molecule has 0 spiro atoms. The normalized spacial score (nSPS) is 36.4. The lowest BCUT2D eigenvalue weighted by Crippen LogP contribution is -2.64. The van der Waals surface area contributed by atoms with Gasteiger partial charge in [0.2, 0.25) is 5.89 Å². The molecule has 5 aliphatic carbocycles. The molecule has 50 heavy (non-hydrogen) atoms. The molecule has 1 aromatic rings. The maximum atomic E-state index is 13.8. The van der Waals surface area contributed by atoms with Gasteiger partial charge in [-0.15, -0.1) is 10.2 Å². The molecule has 276 valence electrons. The number of aliphatic carboxylic acids is 1. The average Bonchev–Trinajstić information content (AvgIpc) is 3.61. The number of nitrogens with zero attached hydrogens (tertiary/aromatic N) is 2. The highest BCUT2D eigenvalue weighted by atomic mass is 16.5. The molecule has 2 N–H and O–H groups in total. The number of rotatable bonds is 8. The third kappa shape index (κ3) is 5.65. The van der Waals surface area contributed by atoms with E-state index in [1.54, 1.807) is 13.8 Å². The number of carbonyl (C=O) groups is 4. The highest BCUT2D eigenvalue weighted by Gasteiger charge is 2.67. The Labute approximate surface area is 297 Å². The number of ether oxygens (including phenoxy) is 1. The van der Waals surface area contributed by atoms with Crippen LogP contribution in [-0.4, -0.2) is 50.6 Å². The van der Waals surface area contributed by atoms with Crippen LogP contribution in [0.3, 0.4) is 0 Å². The monoisotopic (exact) mass is 693 g/mol. The van der Waals surface area contributed by atoms with Crippen molar-refractivity contribution in [2.24, 2.45) is 51.2 Å². The van der Waals surface area contributed by atoms with E-state index in [-0.39, 0.29) is 64.6 Å². The second kappa shape index (κ2) is 12.3. The molecule has 4 saturated carbocycles. The number of hydrogen-bond donors (Lipinski definition) is 2. The van der Waals surface area contributed by atoms with Gasteiger partial charge in [-0.1, -0.05) is 55.4 Å². The van der Waals surface area contributed by atoms with Crippen LogP contribution in [0.25, 0.3) is 0 Å². The van der Waals surface area contributed by atoms with Gasteiger partial charge in [0.1, 0.15) is 6.10 Å². The number of carboxylic acids is 1. The van der Waals surface area contributed by atoms with Crippen molar-refractivity contribution in [3.63, 3.8) is 0 Å². The molecule has 0 bridgehead atoms. The third-order valence-corrected chi connectivity index (χ3v) is 14.5. The number of ketones is 1. The van der Waals surface area contributed by atoms with Gasteiger partial charge in [-0.3, -0.25) is 19.2 Å². The van der Waals surface area contributed by atoms with Crippen LogP contribution in [0, 0.1) is 51.2 Å². The first-order chi connectivity index (χ1) is 23.2. The number of fused-ring (bicyclic) bond motifs is 7. The Kier molecular flexibility index (Phi) is 9.03. The van der Waals surface area contributed by atoms with Crippen molar-refractivity contribution in [1.29, 1.82) is 0 Å². The standard InChI is InChI=1S/C40H59N3O7/c1-21(2)30-25(44)19-40(41-32(46)34-43-42-33(50-34)22(3)4)18-13-24-23(31(30)40)11-12-27-38(24,9)16-14-26-37(7,8)28(15-17-39(26,27)10)49-29(45)20-36(5,6)35(47)48/h21-24,26-28H,11-20H2,1-10H3,(H,41,46)(H,47,48)/t23?,24?,26?,27?,28-,38-,39-,40+/m0/s1. The molecule has 6 rings (SSSR count).